The van der Waals surface area contributed by atoms with E-state index >= 15 is 0 Å². The number of fused-ring (bicyclic) bond motifs is 1. The fraction of sp³-hybridized carbons (Fsp3) is 0.692. The van der Waals surface area contributed by atoms with Gasteiger partial charge in [0.1, 0.15) is 12.9 Å². The molecule has 0 fully saturated rings. The maximum Gasteiger partial charge on any atom is 0.221 e. The molecule has 5 nitrogen and oxygen atoms in total. The Bertz CT molecular complexity index is 402. The summed E-state index contributed by atoms with van der Waals surface area (Å²) in [6.45, 7) is 8.93. The molecule has 1 aliphatic rings. The molecule has 2 heterocycles. The van der Waals surface area contributed by atoms with Crippen molar-refractivity contribution in [1.82, 2.24) is 15.3 Å². The lowest BCUT2D eigenvalue weighted by molar-refractivity contribution is -0.0169. The first-order valence-corrected chi connectivity index (χ1v) is 6.36. The third kappa shape index (κ3) is 3.65. The predicted molar refractivity (Wildman–Crippen MR) is 68.6 cm³/mol. The van der Waals surface area contributed by atoms with E-state index in [9.17, 15) is 0 Å². The van der Waals surface area contributed by atoms with E-state index in [-0.39, 0.29) is 5.60 Å². The molecule has 0 amide bonds. The Labute approximate surface area is 108 Å². The minimum atomic E-state index is -0.129. The number of rotatable bonds is 4. The van der Waals surface area contributed by atoms with Crippen LogP contribution in [0.3, 0.4) is 0 Å². The molecule has 1 aromatic heterocycles. The van der Waals surface area contributed by atoms with Crippen molar-refractivity contribution in [2.45, 2.75) is 39.3 Å². The number of hydrogen-bond acceptors (Lipinski definition) is 5. The van der Waals surface area contributed by atoms with Gasteiger partial charge in [-0.3, -0.25) is 0 Å². The standard InChI is InChI=1S/C13H21N3O2/c1-13(2,3)18-7-6-17-12-10-8-14-5-4-11(10)15-9-16-12/h9,14H,4-8H2,1-3H3. The van der Waals surface area contributed by atoms with Crippen molar-refractivity contribution in [3.8, 4) is 5.88 Å². The van der Waals surface area contributed by atoms with E-state index in [1.807, 2.05) is 20.8 Å². The SMILES string of the molecule is CC(C)(C)OCCOc1ncnc2c1CNCC2. The van der Waals surface area contributed by atoms with Gasteiger partial charge in [0.05, 0.1) is 17.9 Å². The molecule has 5 heteroatoms. The molecule has 18 heavy (non-hydrogen) atoms. The maximum absolute atomic E-state index is 5.68. The summed E-state index contributed by atoms with van der Waals surface area (Å²) < 4.78 is 11.3. The molecule has 0 atom stereocenters. The van der Waals surface area contributed by atoms with Gasteiger partial charge in [-0.2, -0.15) is 0 Å². The highest BCUT2D eigenvalue weighted by Crippen LogP contribution is 2.20. The van der Waals surface area contributed by atoms with Crippen LogP contribution in [0.5, 0.6) is 5.88 Å². The molecule has 0 bridgehead atoms. The van der Waals surface area contributed by atoms with Gasteiger partial charge in [-0.1, -0.05) is 0 Å². The summed E-state index contributed by atoms with van der Waals surface area (Å²) in [5.41, 5.74) is 2.05. The van der Waals surface area contributed by atoms with Crippen LogP contribution in [0.15, 0.2) is 6.33 Å². The first-order valence-electron chi connectivity index (χ1n) is 6.36. The fourth-order valence-corrected chi connectivity index (χ4v) is 1.85. The molecule has 0 spiro atoms. The van der Waals surface area contributed by atoms with Crippen LogP contribution in [0.4, 0.5) is 0 Å². The lowest BCUT2D eigenvalue weighted by Crippen LogP contribution is -2.26. The Morgan fingerprint density at radius 1 is 1.28 bits per heavy atom. The predicted octanol–water partition coefficient (Wildman–Crippen LogP) is 1.32. The summed E-state index contributed by atoms with van der Waals surface area (Å²) in [4.78, 5) is 8.48. The van der Waals surface area contributed by atoms with E-state index in [1.54, 1.807) is 6.33 Å². The van der Waals surface area contributed by atoms with Crippen molar-refractivity contribution in [3.05, 3.63) is 17.6 Å². The lowest BCUT2D eigenvalue weighted by Gasteiger charge is -2.21. The van der Waals surface area contributed by atoms with Crippen molar-refractivity contribution in [2.24, 2.45) is 0 Å². The second kappa shape index (κ2) is 5.63. The summed E-state index contributed by atoms with van der Waals surface area (Å²) in [5.74, 6) is 0.685. The van der Waals surface area contributed by atoms with Crippen molar-refractivity contribution < 1.29 is 9.47 Å². The molecule has 0 aliphatic carbocycles. The molecule has 1 aliphatic heterocycles. The smallest absolute Gasteiger partial charge is 0.221 e. The molecule has 0 saturated heterocycles. The summed E-state index contributed by atoms with van der Waals surface area (Å²) in [6.07, 6.45) is 2.51. The number of nitrogens with one attached hydrogen (secondary N) is 1. The van der Waals surface area contributed by atoms with Gasteiger partial charge >= 0.3 is 0 Å². The maximum atomic E-state index is 5.68. The van der Waals surface area contributed by atoms with Gasteiger partial charge in [-0.25, -0.2) is 9.97 Å². The van der Waals surface area contributed by atoms with Crippen LogP contribution < -0.4 is 10.1 Å². The van der Waals surface area contributed by atoms with Crippen LogP contribution in [0.2, 0.25) is 0 Å². The zero-order valence-corrected chi connectivity index (χ0v) is 11.3. The molecule has 0 aromatic carbocycles. The van der Waals surface area contributed by atoms with Crippen molar-refractivity contribution >= 4 is 0 Å². The zero-order valence-electron chi connectivity index (χ0n) is 11.3. The average molecular weight is 251 g/mol. The topological polar surface area (TPSA) is 56.3 Å². The van der Waals surface area contributed by atoms with Crippen LogP contribution in [-0.4, -0.2) is 35.3 Å². The average Bonchev–Trinajstić information content (AvgIpc) is 2.33. The first-order chi connectivity index (χ1) is 8.56. The Morgan fingerprint density at radius 3 is 2.89 bits per heavy atom. The molecular weight excluding hydrogens is 230 g/mol. The molecule has 100 valence electrons. The van der Waals surface area contributed by atoms with E-state index in [4.69, 9.17) is 9.47 Å². The normalized spacial score (nSPS) is 15.3. The summed E-state index contributed by atoms with van der Waals surface area (Å²) >= 11 is 0. The van der Waals surface area contributed by atoms with E-state index in [2.05, 4.69) is 15.3 Å². The van der Waals surface area contributed by atoms with E-state index in [0.29, 0.717) is 19.1 Å². The van der Waals surface area contributed by atoms with Crippen LogP contribution in [0, 0.1) is 0 Å². The molecule has 1 N–H and O–H groups in total. The van der Waals surface area contributed by atoms with Gasteiger partial charge in [0.2, 0.25) is 5.88 Å². The Balaban J connectivity index is 1.90. The van der Waals surface area contributed by atoms with Gasteiger partial charge in [-0.05, 0) is 20.8 Å². The monoisotopic (exact) mass is 251 g/mol. The van der Waals surface area contributed by atoms with Gasteiger partial charge < -0.3 is 14.8 Å². The highest BCUT2D eigenvalue weighted by atomic mass is 16.5. The minimum Gasteiger partial charge on any atom is -0.475 e. The molecule has 0 saturated carbocycles. The van der Waals surface area contributed by atoms with Crippen LogP contribution in [-0.2, 0) is 17.7 Å². The van der Waals surface area contributed by atoms with E-state index in [1.165, 1.54) is 0 Å². The first kappa shape index (κ1) is 13.2. The Morgan fingerprint density at radius 2 is 2.11 bits per heavy atom. The summed E-state index contributed by atoms with van der Waals surface area (Å²) in [7, 11) is 0. The van der Waals surface area contributed by atoms with Gasteiger partial charge in [-0.15, -0.1) is 0 Å². The van der Waals surface area contributed by atoms with Crippen molar-refractivity contribution in [1.29, 1.82) is 0 Å². The quantitative estimate of drug-likeness (QED) is 0.818. The molecule has 2 rings (SSSR count). The van der Waals surface area contributed by atoms with Crippen molar-refractivity contribution in [3.63, 3.8) is 0 Å². The largest absolute Gasteiger partial charge is 0.475 e. The number of nitrogens with zero attached hydrogens (tertiary/aromatic N) is 2. The fourth-order valence-electron chi connectivity index (χ4n) is 1.85. The number of hydrogen-bond donors (Lipinski definition) is 1. The second-order valence-corrected chi connectivity index (χ2v) is 5.34. The van der Waals surface area contributed by atoms with Crippen LogP contribution in [0.25, 0.3) is 0 Å². The number of aromatic nitrogens is 2. The van der Waals surface area contributed by atoms with E-state index in [0.717, 1.165) is 30.8 Å². The highest BCUT2D eigenvalue weighted by Gasteiger charge is 2.16. The molecule has 0 radical (unpaired) electrons. The van der Waals surface area contributed by atoms with Crippen LogP contribution in [0.1, 0.15) is 32.0 Å². The van der Waals surface area contributed by atoms with Gasteiger partial charge in [0.25, 0.3) is 0 Å². The molecule has 1 aromatic rings. The molecule has 0 unspecified atom stereocenters. The van der Waals surface area contributed by atoms with Gasteiger partial charge in [0, 0.05) is 25.1 Å². The minimum absolute atomic E-state index is 0.129. The second-order valence-electron chi connectivity index (χ2n) is 5.34. The van der Waals surface area contributed by atoms with Gasteiger partial charge in [0.15, 0.2) is 0 Å². The Kier molecular flexibility index (Phi) is 4.14. The van der Waals surface area contributed by atoms with Crippen LogP contribution >= 0.6 is 0 Å². The summed E-state index contributed by atoms with van der Waals surface area (Å²) in [5, 5.41) is 3.30. The lowest BCUT2D eigenvalue weighted by atomic mass is 10.1. The zero-order chi connectivity index (χ0) is 13.0. The Hall–Kier alpha value is -1.20. The molecular formula is C13H21N3O2. The number of ether oxygens (including phenoxy) is 2. The highest BCUT2D eigenvalue weighted by molar-refractivity contribution is 5.31. The third-order valence-corrected chi connectivity index (χ3v) is 2.69. The summed E-state index contributed by atoms with van der Waals surface area (Å²) in [6, 6.07) is 0. The van der Waals surface area contributed by atoms with E-state index < -0.39 is 0 Å². The van der Waals surface area contributed by atoms with Crippen molar-refractivity contribution in [2.75, 3.05) is 19.8 Å². The third-order valence-electron chi connectivity index (χ3n) is 2.69.